The van der Waals surface area contributed by atoms with Crippen molar-refractivity contribution in [2.24, 2.45) is 0 Å². The molecule has 0 amide bonds. The van der Waals surface area contributed by atoms with E-state index in [4.69, 9.17) is 11.6 Å². The third kappa shape index (κ3) is 7.62. The van der Waals surface area contributed by atoms with E-state index in [2.05, 4.69) is 84.7 Å². The molecule has 1 radical (unpaired) electrons. The third-order valence-corrected chi connectivity index (χ3v) is 9.75. The molecule has 4 heterocycles. The summed E-state index contributed by atoms with van der Waals surface area (Å²) in [6, 6.07) is 39.5. The molecule has 5 aromatic carbocycles. The first-order chi connectivity index (χ1) is 23.4. The number of benzene rings is 5. The molecule has 9 rings (SSSR count). The van der Waals surface area contributed by atoms with Crippen molar-refractivity contribution in [1.82, 2.24) is 30.1 Å². The van der Waals surface area contributed by atoms with Crippen LogP contribution in [0.15, 0.2) is 115 Å². The summed E-state index contributed by atoms with van der Waals surface area (Å²) in [6.07, 6.45) is 1.72. The van der Waals surface area contributed by atoms with Crippen LogP contribution in [0.3, 0.4) is 0 Å². The number of pyridine rings is 1. The average molecular weight is 874 g/mol. The Morgan fingerprint density at radius 2 is 1.41 bits per heavy atom. The summed E-state index contributed by atoms with van der Waals surface area (Å²) >= 11 is 9.73. The van der Waals surface area contributed by atoms with Gasteiger partial charge in [0.25, 0.3) is 0 Å². The third-order valence-electron chi connectivity index (χ3n) is 7.65. The number of aryl methyl sites for hydroxylation is 2. The molecule has 0 aliphatic rings. The summed E-state index contributed by atoms with van der Waals surface area (Å²) in [4.78, 5) is 17.7. The SMILES string of the molecule is Cc1nc2c(ccc3ccc[c-]c32)s1.Cc1nc2c(ccc3cccc(C(C)Cl)c32)s1.[Ir].c1ccc(-c2n[n-]c(-c3ccccn3)n2)cc1. The van der Waals surface area contributed by atoms with Gasteiger partial charge in [-0.3, -0.25) is 15.1 Å². The zero-order chi connectivity index (χ0) is 33.0. The molecule has 0 fully saturated rings. The van der Waals surface area contributed by atoms with Gasteiger partial charge in [-0.25, -0.2) is 4.98 Å². The standard InChI is InChI=1S/C14H12ClNS.C13H9N4.C12H8NS.Ir/c1-8(15)11-5-3-4-10-6-7-12-14(13(10)11)16-9(2)17-12;1-2-6-10(7-3-1)12-15-13(17-16-12)11-8-4-5-9-14-11;1-8-13-12-10-5-3-2-4-9(10)6-7-11(12)14-8;/h3-8H,1-2H3;1-9H;2-4,6-7H,1H3;/q;2*-1;. The van der Waals surface area contributed by atoms with E-state index in [0.29, 0.717) is 11.6 Å². The topological polar surface area (TPSA) is 78.5 Å². The molecule has 9 aromatic rings. The second-order valence-corrected chi connectivity index (χ2v) is 14.2. The summed E-state index contributed by atoms with van der Waals surface area (Å²) in [7, 11) is 0. The fraction of sp³-hybridized carbons (Fsp3) is 0.103. The molecule has 4 aromatic heterocycles. The smallest absolute Gasteiger partial charge is 0.0908 e. The van der Waals surface area contributed by atoms with Crippen molar-refractivity contribution in [2.75, 3.05) is 0 Å². The van der Waals surface area contributed by atoms with Crippen molar-refractivity contribution in [2.45, 2.75) is 26.1 Å². The number of hydrogen-bond donors (Lipinski definition) is 0. The zero-order valence-corrected chi connectivity index (χ0v) is 31.5. The van der Waals surface area contributed by atoms with Crippen LogP contribution in [-0.4, -0.2) is 25.0 Å². The van der Waals surface area contributed by atoms with Gasteiger partial charge in [-0.05, 0) is 61.3 Å². The zero-order valence-electron chi connectivity index (χ0n) is 26.8. The molecular weight excluding hydrogens is 844 g/mol. The molecule has 0 aliphatic heterocycles. The fourth-order valence-electron chi connectivity index (χ4n) is 5.48. The van der Waals surface area contributed by atoms with Crippen LogP contribution in [0, 0.1) is 19.9 Å². The summed E-state index contributed by atoms with van der Waals surface area (Å²) in [6.45, 7) is 6.09. The molecule has 0 spiro atoms. The van der Waals surface area contributed by atoms with E-state index in [0.717, 1.165) is 37.7 Å². The minimum Gasteiger partial charge on any atom is -0.417 e. The van der Waals surface area contributed by atoms with Crippen molar-refractivity contribution < 1.29 is 20.1 Å². The Balaban J connectivity index is 0.000000127. The number of aromatic nitrogens is 6. The maximum atomic E-state index is 6.26. The monoisotopic (exact) mass is 873 g/mol. The van der Waals surface area contributed by atoms with Gasteiger partial charge in [-0.15, -0.1) is 69.3 Å². The Hall–Kier alpha value is -4.37. The van der Waals surface area contributed by atoms with E-state index in [1.54, 1.807) is 28.9 Å². The number of fused-ring (bicyclic) bond motifs is 6. The van der Waals surface area contributed by atoms with Crippen molar-refractivity contribution in [1.29, 1.82) is 0 Å². The fourth-order valence-corrected chi connectivity index (χ4v) is 7.33. The molecule has 0 saturated heterocycles. The molecule has 49 heavy (non-hydrogen) atoms. The maximum absolute atomic E-state index is 6.26. The van der Waals surface area contributed by atoms with Gasteiger partial charge in [0.1, 0.15) is 0 Å². The maximum Gasteiger partial charge on any atom is 0.0908 e. The van der Waals surface area contributed by atoms with Gasteiger partial charge in [-0.1, -0.05) is 72.8 Å². The summed E-state index contributed by atoms with van der Waals surface area (Å²) in [5.74, 6) is 1.19. The molecule has 0 N–H and O–H groups in total. The van der Waals surface area contributed by atoms with E-state index < -0.39 is 0 Å². The Morgan fingerprint density at radius 1 is 0.714 bits per heavy atom. The Bertz CT molecular complexity index is 2420. The quantitative estimate of drug-likeness (QED) is 0.130. The van der Waals surface area contributed by atoms with Crippen LogP contribution in [0.25, 0.3) is 64.9 Å². The molecule has 0 aliphatic carbocycles. The summed E-state index contributed by atoms with van der Waals surface area (Å²) in [5, 5.41) is 15.1. The van der Waals surface area contributed by atoms with E-state index in [-0.39, 0.29) is 25.5 Å². The Kier molecular flexibility index (Phi) is 10.9. The number of hydrogen-bond acceptors (Lipinski definition) is 7. The molecule has 0 bridgehead atoms. The van der Waals surface area contributed by atoms with E-state index >= 15 is 0 Å². The Morgan fingerprint density at radius 3 is 2.14 bits per heavy atom. The number of alkyl halides is 1. The van der Waals surface area contributed by atoms with Crippen LogP contribution < -0.4 is 5.10 Å². The molecule has 1 unspecified atom stereocenters. The van der Waals surface area contributed by atoms with Gasteiger partial charge in [-0.2, -0.15) is 0 Å². The van der Waals surface area contributed by atoms with Gasteiger partial charge in [0.2, 0.25) is 0 Å². The van der Waals surface area contributed by atoms with Crippen LogP contribution in [0.5, 0.6) is 0 Å². The van der Waals surface area contributed by atoms with Crippen molar-refractivity contribution >= 4 is 76.3 Å². The van der Waals surface area contributed by atoms with Crippen LogP contribution in [0.2, 0.25) is 0 Å². The van der Waals surface area contributed by atoms with Crippen LogP contribution >= 0.6 is 34.3 Å². The van der Waals surface area contributed by atoms with E-state index in [1.165, 1.54) is 31.1 Å². The number of thiazole rings is 2. The van der Waals surface area contributed by atoms with Crippen LogP contribution in [-0.2, 0) is 20.1 Å². The van der Waals surface area contributed by atoms with E-state index in [9.17, 15) is 0 Å². The first kappa shape index (κ1) is 34.5. The first-order valence-corrected chi connectivity index (χ1v) is 17.4. The number of rotatable bonds is 3. The van der Waals surface area contributed by atoms with Crippen LogP contribution in [0.4, 0.5) is 0 Å². The summed E-state index contributed by atoms with van der Waals surface area (Å²) < 4.78 is 2.48. The Labute approximate surface area is 310 Å². The largest absolute Gasteiger partial charge is 0.417 e. The number of nitrogens with zero attached hydrogens (tertiary/aromatic N) is 6. The predicted molar refractivity (Wildman–Crippen MR) is 201 cm³/mol. The van der Waals surface area contributed by atoms with Crippen molar-refractivity contribution in [3.05, 3.63) is 137 Å². The predicted octanol–water partition coefficient (Wildman–Crippen LogP) is 10.8. The van der Waals surface area contributed by atoms with Crippen molar-refractivity contribution in [3.8, 4) is 22.9 Å². The number of halogens is 1. The average Bonchev–Trinajstić information content (AvgIpc) is 3.87. The van der Waals surface area contributed by atoms with Gasteiger partial charge >= 0.3 is 0 Å². The van der Waals surface area contributed by atoms with Gasteiger partial charge in [0.05, 0.1) is 37.1 Å². The van der Waals surface area contributed by atoms with Crippen LogP contribution in [0.1, 0.15) is 27.9 Å². The van der Waals surface area contributed by atoms with Gasteiger partial charge < -0.3 is 10.1 Å². The molecular formula is C39H29ClIrN6S2-2. The minimum absolute atomic E-state index is 0. The van der Waals surface area contributed by atoms with Gasteiger partial charge in [0.15, 0.2) is 0 Å². The minimum atomic E-state index is 0. The van der Waals surface area contributed by atoms with Crippen molar-refractivity contribution in [3.63, 3.8) is 0 Å². The molecule has 1 atom stereocenters. The van der Waals surface area contributed by atoms with Gasteiger partial charge in [0, 0.05) is 41.9 Å². The molecule has 6 nitrogen and oxygen atoms in total. The second-order valence-electron chi connectivity index (χ2n) is 11.0. The molecule has 10 heteroatoms. The second kappa shape index (κ2) is 15.5. The van der Waals surface area contributed by atoms with E-state index in [1.807, 2.05) is 81.4 Å². The molecule has 245 valence electrons. The normalized spacial score (nSPS) is 11.4. The summed E-state index contributed by atoms with van der Waals surface area (Å²) in [5.41, 5.74) is 5.04. The first-order valence-electron chi connectivity index (χ1n) is 15.4. The molecule has 0 saturated carbocycles.